The van der Waals surface area contributed by atoms with E-state index in [4.69, 9.17) is 16.0 Å². The summed E-state index contributed by atoms with van der Waals surface area (Å²) in [6.07, 6.45) is 3.08. The predicted molar refractivity (Wildman–Crippen MR) is 92.4 cm³/mol. The summed E-state index contributed by atoms with van der Waals surface area (Å²) in [6, 6.07) is 6.47. The molecule has 1 N–H and O–H groups in total. The lowest BCUT2D eigenvalue weighted by molar-refractivity contribution is 0.0950. The van der Waals surface area contributed by atoms with Crippen LogP contribution in [0.3, 0.4) is 0 Å². The summed E-state index contributed by atoms with van der Waals surface area (Å²) < 4.78 is 5.27. The summed E-state index contributed by atoms with van der Waals surface area (Å²) in [5, 5.41) is 4.16. The molecule has 3 rings (SSSR count). The van der Waals surface area contributed by atoms with E-state index in [1.54, 1.807) is 24.4 Å². The monoisotopic (exact) mass is 342 g/mol. The van der Waals surface area contributed by atoms with E-state index >= 15 is 0 Å². The van der Waals surface area contributed by atoms with Gasteiger partial charge in [-0.15, -0.1) is 0 Å². The first kappa shape index (κ1) is 16.2. The van der Waals surface area contributed by atoms with Gasteiger partial charge in [0.2, 0.25) is 0 Å². The van der Waals surface area contributed by atoms with Crippen molar-refractivity contribution in [3.8, 4) is 0 Å². The molecule has 1 aromatic carbocycles. The van der Waals surface area contributed by atoms with E-state index in [-0.39, 0.29) is 12.5 Å². The molecule has 122 valence electrons. The number of carbonyl (C=O) groups is 1. The molecule has 6 heteroatoms. The molecule has 2 heterocycles. The van der Waals surface area contributed by atoms with Gasteiger partial charge in [0, 0.05) is 35.4 Å². The van der Waals surface area contributed by atoms with Crippen LogP contribution >= 0.6 is 11.6 Å². The van der Waals surface area contributed by atoms with E-state index in [1.165, 1.54) is 12.3 Å². The zero-order chi connectivity index (χ0) is 17.3. The summed E-state index contributed by atoms with van der Waals surface area (Å²) >= 11 is 6.31. The third-order valence-corrected chi connectivity index (χ3v) is 4.41. The van der Waals surface area contributed by atoms with Crippen molar-refractivity contribution in [2.45, 2.75) is 20.4 Å². The highest BCUT2D eigenvalue weighted by Gasteiger charge is 2.14. The third-order valence-electron chi connectivity index (χ3n) is 3.83. The number of pyridine rings is 1. The first-order valence-corrected chi connectivity index (χ1v) is 7.76. The second-order valence-corrected chi connectivity index (χ2v) is 5.90. The van der Waals surface area contributed by atoms with Gasteiger partial charge in [-0.2, -0.15) is 0 Å². The van der Waals surface area contributed by atoms with Crippen LogP contribution < -0.4 is 10.9 Å². The number of nitrogens with zero attached hydrogens (tertiary/aromatic N) is 1. The van der Waals surface area contributed by atoms with Crippen LogP contribution in [0.4, 0.5) is 0 Å². The number of rotatable bonds is 3. The van der Waals surface area contributed by atoms with Gasteiger partial charge in [0.25, 0.3) is 5.91 Å². The Balaban J connectivity index is 1.99. The summed E-state index contributed by atoms with van der Waals surface area (Å²) in [7, 11) is 0. The summed E-state index contributed by atoms with van der Waals surface area (Å²) in [5.41, 5.74) is 2.78. The van der Waals surface area contributed by atoms with Crippen LogP contribution in [0.2, 0.25) is 5.02 Å². The molecule has 1 amide bonds. The lowest BCUT2D eigenvalue weighted by Gasteiger charge is -2.12. The Kier molecular flexibility index (Phi) is 4.36. The molecule has 3 aromatic rings. The average Bonchev–Trinajstić information content (AvgIpc) is 2.57. The third kappa shape index (κ3) is 3.03. The van der Waals surface area contributed by atoms with Crippen molar-refractivity contribution >= 4 is 28.5 Å². The van der Waals surface area contributed by atoms with Crippen LogP contribution in [-0.4, -0.2) is 10.9 Å². The molecule has 0 bridgehead atoms. The maximum absolute atomic E-state index is 12.2. The van der Waals surface area contributed by atoms with Crippen LogP contribution in [0.25, 0.3) is 11.0 Å². The van der Waals surface area contributed by atoms with E-state index < -0.39 is 5.63 Å². The molecule has 24 heavy (non-hydrogen) atoms. The number of hydrogen-bond donors (Lipinski definition) is 1. The number of aryl methyl sites for hydroxylation is 2. The molecule has 0 atom stereocenters. The minimum atomic E-state index is -0.464. The normalized spacial score (nSPS) is 10.8. The minimum Gasteiger partial charge on any atom is -0.423 e. The van der Waals surface area contributed by atoms with Gasteiger partial charge in [-0.3, -0.25) is 9.78 Å². The Morgan fingerprint density at radius 2 is 2.12 bits per heavy atom. The highest BCUT2D eigenvalue weighted by molar-refractivity contribution is 6.33. The molecular formula is C18H15ClN2O3. The topological polar surface area (TPSA) is 72.2 Å². The van der Waals surface area contributed by atoms with E-state index in [0.717, 1.165) is 16.5 Å². The predicted octanol–water partition coefficient (Wildman–Crippen LogP) is 3.39. The second-order valence-electron chi connectivity index (χ2n) is 5.52. The van der Waals surface area contributed by atoms with Crippen molar-refractivity contribution in [1.82, 2.24) is 10.3 Å². The summed E-state index contributed by atoms with van der Waals surface area (Å²) in [6.45, 7) is 3.91. The number of fused-ring (bicyclic) bond motifs is 1. The molecule has 0 radical (unpaired) electrons. The van der Waals surface area contributed by atoms with Crippen molar-refractivity contribution in [2.75, 3.05) is 0 Å². The molecular weight excluding hydrogens is 328 g/mol. The number of halogens is 1. The number of carbonyl (C=O) groups excluding carboxylic acids is 1. The lowest BCUT2D eigenvalue weighted by Crippen LogP contribution is -2.23. The number of aromatic nitrogens is 1. The van der Waals surface area contributed by atoms with Crippen LogP contribution in [0.15, 0.2) is 45.9 Å². The molecule has 0 saturated heterocycles. The van der Waals surface area contributed by atoms with E-state index in [9.17, 15) is 9.59 Å². The Labute approximate surface area is 143 Å². The number of nitrogens with one attached hydrogen (secondary N) is 1. The Morgan fingerprint density at radius 3 is 2.83 bits per heavy atom. The van der Waals surface area contributed by atoms with Crippen molar-refractivity contribution in [3.63, 3.8) is 0 Å². The highest BCUT2D eigenvalue weighted by atomic mass is 35.5. The standard InChI is InChI=1S/C18H15ClN2O3/c1-10-6-14-16(11(2)17(10)19)13(7-15(22)24-14)9-21-18(23)12-4-3-5-20-8-12/h3-8H,9H2,1-2H3,(H,21,23). The van der Waals surface area contributed by atoms with Crippen LogP contribution in [0, 0.1) is 13.8 Å². The van der Waals surface area contributed by atoms with Crippen LogP contribution in [0.5, 0.6) is 0 Å². The highest BCUT2D eigenvalue weighted by Crippen LogP contribution is 2.30. The molecule has 0 aliphatic heterocycles. The van der Waals surface area contributed by atoms with Crippen molar-refractivity contribution in [1.29, 1.82) is 0 Å². The number of amides is 1. The van der Waals surface area contributed by atoms with Gasteiger partial charge in [-0.25, -0.2) is 4.79 Å². The molecule has 0 saturated carbocycles. The van der Waals surface area contributed by atoms with Gasteiger partial charge in [-0.1, -0.05) is 11.6 Å². The second kappa shape index (κ2) is 6.45. The maximum Gasteiger partial charge on any atom is 0.336 e. The largest absolute Gasteiger partial charge is 0.423 e. The fourth-order valence-corrected chi connectivity index (χ4v) is 2.82. The Hall–Kier alpha value is -2.66. The zero-order valence-electron chi connectivity index (χ0n) is 13.2. The quantitative estimate of drug-likeness (QED) is 0.740. The molecule has 0 aliphatic carbocycles. The first-order chi connectivity index (χ1) is 11.5. The summed E-state index contributed by atoms with van der Waals surface area (Å²) in [5.74, 6) is -0.264. The van der Waals surface area contributed by atoms with E-state index in [1.807, 2.05) is 13.8 Å². The van der Waals surface area contributed by atoms with Gasteiger partial charge in [0.1, 0.15) is 5.58 Å². The molecule has 0 aliphatic rings. The molecule has 0 unspecified atom stereocenters. The zero-order valence-corrected chi connectivity index (χ0v) is 14.0. The Morgan fingerprint density at radius 1 is 1.33 bits per heavy atom. The fraction of sp³-hybridized carbons (Fsp3) is 0.167. The fourth-order valence-electron chi connectivity index (χ4n) is 2.67. The maximum atomic E-state index is 12.2. The van der Waals surface area contributed by atoms with Crippen molar-refractivity contribution < 1.29 is 9.21 Å². The van der Waals surface area contributed by atoms with Gasteiger partial charge in [-0.05, 0) is 48.7 Å². The van der Waals surface area contributed by atoms with E-state index in [2.05, 4.69) is 10.3 Å². The van der Waals surface area contributed by atoms with Gasteiger partial charge in [0.05, 0.1) is 5.56 Å². The van der Waals surface area contributed by atoms with E-state index in [0.29, 0.717) is 21.7 Å². The molecule has 5 nitrogen and oxygen atoms in total. The number of hydrogen-bond acceptors (Lipinski definition) is 4. The molecule has 0 fully saturated rings. The first-order valence-electron chi connectivity index (χ1n) is 7.38. The molecule has 2 aromatic heterocycles. The van der Waals surface area contributed by atoms with Crippen molar-refractivity contribution in [3.05, 3.63) is 74.4 Å². The Bertz CT molecular complexity index is 981. The van der Waals surface area contributed by atoms with Crippen molar-refractivity contribution in [2.24, 2.45) is 0 Å². The lowest BCUT2D eigenvalue weighted by atomic mass is 10.0. The smallest absolute Gasteiger partial charge is 0.336 e. The van der Waals surface area contributed by atoms with Crippen LogP contribution in [-0.2, 0) is 6.54 Å². The summed E-state index contributed by atoms with van der Waals surface area (Å²) in [4.78, 5) is 27.9. The van der Waals surface area contributed by atoms with Gasteiger partial charge < -0.3 is 9.73 Å². The van der Waals surface area contributed by atoms with Crippen LogP contribution in [0.1, 0.15) is 27.0 Å². The number of benzene rings is 1. The molecule has 0 spiro atoms. The minimum absolute atomic E-state index is 0.191. The average molecular weight is 343 g/mol. The van der Waals surface area contributed by atoms with Gasteiger partial charge in [0.15, 0.2) is 0 Å². The SMILES string of the molecule is Cc1cc2oc(=O)cc(CNC(=O)c3cccnc3)c2c(C)c1Cl. The van der Waals surface area contributed by atoms with Gasteiger partial charge >= 0.3 is 5.63 Å².